The molecule has 276 valence electrons. The zero-order valence-corrected chi connectivity index (χ0v) is 32.0. The van der Waals surface area contributed by atoms with Crippen molar-refractivity contribution in [3.8, 4) is 45.3 Å². The topological polar surface area (TPSA) is 18.5 Å². The van der Waals surface area contributed by atoms with Crippen LogP contribution in [0.15, 0.2) is 97.1 Å². The van der Waals surface area contributed by atoms with Crippen LogP contribution in [0.5, 0.6) is 23.0 Å². The Hall–Kier alpha value is -5.67. The molecule has 4 aliphatic heterocycles. The molecule has 4 heterocycles. The lowest BCUT2D eigenvalue weighted by molar-refractivity contribution is -0.138. The number of aryl methyl sites for hydroxylation is 1. The number of hydrogen-bond donors (Lipinski definition) is 0. The van der Waals surface area contributed by atoms with E-state index in [2.05, 4.69) is 37.8 Å². The van der Waals surface area contributed by atoms with Crippen molar-refractivity contribution in [1.29, 1.82) is 0 Å². The van der Waals surface area contributed by atoms with Gasteiger partial charge in [0.05, 0.1) is 19.2 Å². The third-order valence-corrected chi connectivity index (χ3v) is 14.8. The fraction of sp³-hybridized carbons (Fsp3) is 0.130. The lowest BCUT2D eigenvalue weighted by Crippen LogP contribution is -2.58. The second kappa shape index (κ2) is 10.4. The molecule has 0 saturated heterocycles. The third-order valence-electron chi connectivity index (χ3n) is 12.8. The molecule has 0 aliphatic carbocycles. The molecule has 2 nitrogen and oxygen atoms in total. The lowest BCUT2D eigenvalue weighted by atomic mass is 9.32. The monoisotopic (exact) mass is 776 g/mol. The van der Waals surface area contributed by atoms with Gasteiger partial charge in [0, 0.05) is 0 Å². The molecule has 0 aromatic heterocycles. The van der Waals surface area contributed by atoms with Crippen LogP contribution in [0.3, 0.4) is 0 Å². The van der Waals surface area contributed by atoms with Gasteiger partial charge in [-0.3, -0.25) is 0 Å². The molecule has 12 rings (SSSR count). The van der Waals surface area contributed by atoms with E-state index in [0.29, 0.717) is 39.1 Å². The van der Waals surface area contributed by atoms with E-state index >= 15 is 0 Å². The molecule has 0 unspecified atom stereocenters. The maximum absolute atomic E-state index is 14.7. The molecule has 11 heteroatoms. The minimum Gasteiger partial charge on any atom is -0.458 e. The molecule has 0 atom stereocenters. The van der Waals surface area contributed by atoms with E-state index in [1.54, 1.807) is 12.1 Å². The Kier molecular flexibility index (Phi) is 6.13. The van der Waals surface area contributed by atoms with E-state index in [1.165, 1.54) is 12.1 Å². The quantitative estimate of drug-likeness (QED) is 0.0945. The summed E-state index contributed by atoms with van der Waals surface area (Å²) in [6.45, 7) is 7.92. The van der Waals surface area contributed by atoms with Gasteiger partial charge in [-0.2, -0.15) is 26.3 Å². The molecular weight excluding hydrogens is 748 g/mol. The summed E-state index contributed by atoms with van der Waals surface area (Å²) in [6, 6.07) is 28.5. The SMILES string of the molecule is Cc1cc2c3c(cc4c([Si](C)(C)C)cc5c6c(cc1c3c46)B1c3ccccc3Oc3cc(C(F)(F)F)cc-5c31)B1c3ccccc3Oc3cc(C(F)(F)F)cc-2c31. The van der Waals surface area contributed by atoms with Gasteiger partial charge in [0.15, 0.2) is 0 Å². The third kappa shape index (κ3) is 4.25. The van der Waals surface area contributed by atoms with Gasteiger partial charge in [-0.25, -0.2) is 0 Å². The average molecular weight is 776 g/mol. The molecule has 8 aromatic carbocycles. The van der Waals surface area contributed by atoms with Crippen molar-refractivity contribution in [2.24, 2.45) is 0 Å². The predicted molar refractivity (Wildman–Crippen MR) is 221 cm³/mol. The zero-order chi connectivity index (χ0) is 39.2. The Balaban J connectivity index is 1.32. The molecule has 0 bridgehead atoms. The second-order valence-corrected chi connectivity index (χ2v) is 22.0. The van der Waals surface area contributed by atoms with Crippen molar-refractivity contribution < 1.29 is 35.8 Å². The summed E-state index contributed by atoms with van der Waals surface area (Å²) in [4.78, 5) is 0. The number of para-hydroxylation sites is 2. The summed E-state index contributed by atoms with van der Waals surface area (Å²) in [5, 5.41) is 6.74. The van der Waals surface area contributed by atoms with Crippen molar-refractivity contribution in [1.82, 2.24) is 0 Å². The first-order valence-electron chi connectivity index (χ1n) is 19.0. The molecule has 0 saturated carbocycles. The standard InChI is InChI=1S/C46H28B2F6O2Si/c1-21-13-25-27-14-22(45(49,50)51)16-36-43(27)48(31-10-6-8-12-35(31)55-36)33-19-29-38(57(2,3)4)20-26-28-15-23(46(52,53)54)17-37-44(28)47(30-9-5-7-11-34(30)56-37)32-18-24(21)41(39(25)33)42(29)40(26)32/h5-20H,1-4H3. The molecule has 0 radical (unpaired) electrons. The molecule has 0 fully saturated rings. The lowest BCUT2D eigenvalue weighted by Gasteiger charge is -2.38. The fourth-order valence-corrected chi connectivity index (χ4v) is 12.1. The highest BCUT2D eigenvalue weighted by Gasteiger charge is 2.46. The molecule has 4 aliphatic rings. The van der Waals surface area contributed by atoms with Gasteiger partial charge in [0.2, 0.25) is 0 Å². The van der Waals surface area contributed by atoms with Crippen LogP contribution < -0.4 is 47.4 Å². The highest BCUT2D eigenvalue weighted by Crippen LogP contribution is 2.49. The average Bonchev–Trinajstić information content (AvgIpc) is 3.16. The number of ether oxygens (including phenoxy) is 2. The minimum atomic E-state index is -4.62. The van der Waals surface area contributed by atoms with Crippen molar-refractivity contribution in [2.75, 3.05) is 0 Å². The van der Waals surface area contributed by atoms with Crippen LogP contribution in [-0.2, 0) is 12.4 Å². The summed E-state index contributed by atoms with van der Waals surface area (Å²) in [5.41, 5.74) is 6.88. The highest BCUT2D eigenvalue weighted by molar-refractivity contribution is 7.02. The van der Waals surface area contributed by atoms with Gasteiger partial charge in [-0.05, 0) is 125 Å². The van der Waals surface area contributed by atoms with Crippen molar-refractivity contribution in [2.45, 2.75) is 38.9 Å². The number of fused-ring (bicyclic) bond motifs is 8. The Bertz CT molecular complexity index is 3180. The van der Waals surface area contributed by atoms with Gasteiger partial charge in [0.1, 0.15) is 23.0 Å². The van der Waals surface area contributed by atoms with Crippen molar-refractivity contribution >= 4 is 91.8 Å². The van der Waals surface area contributed by atoms with Gasteiger partial charge < -0.3 is 9.47 Å². The first-order chi connectivity index (χ1) is 27.1. The largest absolute Gasteiger partial charge is 0.458 e. The van der Waals surface area contributed by atoms with Crippen LogP contribution in [0.4, 0.5) is 26.3 Å². The van der Waals surface area contributed by atoms with Crippen LogP contribution in [0.25, 0.3) is 54.6 Å². The summed E-state index contributed by atoms with van der Waals surface area (Å²) >= 11 is 0. The number of halogens is 6. The zero-order valence-electron chi connectivity index (χ0n) is 31.0. The van der Waals surface area contributed by atoms with Gasteiger partial charge in [0.25, 0.3) is 13.4 Å². The molecular formula is C46H28B2F6O2Si. The smallest absolute Gasteiger partial charge is 0.416 e. The van der Waals surface area contributed by atoms with E-state index in [4.69, 9.17) is 9.47 Å². The minimum absolute atomic E-state index is 0.195. The number of alkyl halides is 6. The summed E-state index contributed by atoms with van der Waals surface area (Å²) < 4.78 is 101. The molecule has 0 N–H and O–H groups in total. The maximum atomic E-state index is 14.7. The van der Waals surface area contributed by atoms with Crippen LogP contribution in [0, 0.1) is 6.92 Å². The maximum Gasteiger partial charge on any atom is 0.416 e. The van der Waals surface area contributed by atoms with Crippen molar-refractivity contribution in [3.05, 3.63) is 114 Å². The van der Waals surface area contributed by atoms with E-state index in [0.717, 1.165) is 82.6 Å². The highest BCUT2D eigenvalue weighted by atomic mass is 28.3. The van der Waals surface area contributed by atoms with Crippen molar-refractivity contribution in [3.63, 3.8) is 0 Å². The van der Waals surface area contributed by atoms with Gasteiger partial charge >= 0.3 is 12.4 Å². The van der Waals surface area contributed by atoms with Crippen LogP contribution in [0.1, 0.15) is 16.7 Å². The number of rotatable bonds is 1. The van der Waals surface area contributed by atoms with E-state index in [1.807, 2.05) is 49.4 Å². The molecule has 8 aromatic rings. The first-order valence-corrected chi connectivity index (χ1v) is 22.5. The van der Waals surface area contributed by atoms with Crippen LogP contribution in [0.2, 0.25) is 19.6 Å². The molecule has 57 heavy (non-hydrogen) atoms. The Morgan fingerprint density at radius 1 is 0.474 bits per heavy atom. The van der Waals surface area contributed by atoms with Crippen LogP contribution in [-0.4, -0.2) is 21.5 Å². The fourth-order valence-electron chi connectivity index (χ4n) is 10.6. The molecule has 0 spiro atoms. The Labute approximate surface area is 324 Å². The van der Waals surface area contributed by atoms with Gasteiger partial charge in [-0.15, -0.1) is 0 Å². The van der Waals surface area contributed by atoms with Gasteiger partial charge in [-0.1, -0.05) is 96.4 Å². The summed E-state index contributed by atoms with van der Waals surface area (Å²) in [5.74, 6) is 1.42. The van der Waals surface area contributed by atoms with E-state index in [9.17, 15) is 26.3 Å². The number of hydrogen-bond acceptors (Lipinski definition) is 2. The predicted octanol–water partition coefficient (Wildman–Crippen LogP) is 8.68. The summed E-state index contributed by atoms with van der Waals surface area (Å²) in [6.07, 6.45) is -9.23. The number of benzene rings is 8. The molecule has 0 amide bonds. The normalized spacial score (nSPS) is 14.7. The first kappa shape index (κ1) is 33.5. The second-order valence-electron chi connectivity index (χ2n) is 17.0. The van der Waals surface area contributed by atoms with E-state index in [-0.39, 0.29) is 11.5 Å². The van der Waals surface area contributed by atoms with E-state index < -0.39 is 45.0 Å². The Morgan fingerprint density at radius 3 is 1.42 bits per heavy atom. The summed E-state index contributed by atoms with van der Waals surface area (Å²) in [7, 11) is -2.27. The van der Waals surface area contributed by atoms with Crippen LogP contribution >= 0.6 is 0 Å². The Morgan fingerprint density at radius 2 is 0.930 bits per heavy atom.